The lowest BCUT2D eigenvalue weighted by Crippen LogP contribution is -2.23. The van der Waals surface area contributed by atoms with E-state index in [4.69, 9.17) is 0 Å². The molecular weight excluding hydrogens is 188 g/mol. The second-order valence-corrected chi connectivity index (χ2v) is 4.37. The Bertz CT molecular complexity index is 243. The van der Waals surface area contributed by atoms with E-state index in [0.29, 0.717) is 6.04 Å². The summed E-state index contributed by atoms with van der Waals surface area (Å²) < 4.78 is 0. The van der Waals surface area contributed by atoms with Crippen LogP contribution in [-0.2, 0) is 0 Å². The van der Waals surface area contributed by atoms with Gasteiger partial charge in [-0.05, 0) is 31.7 Å². The van der Waals surface area contributed by atoms with E-state index in [-0.39, 0.29) is 0 Å². The maximum Gasteiger partial charge on any atom is 0.0993 e. The van der Waals surface area contributed by atoms with E-state index in [1.165, 1.54) is 6.42 Å². The quantitative estimate of drug-likeness (QED) is 0.726. The lowest BCUT2D eigenvalue weighted by Gasteiger charge is -2.16. The van der Waals surface area contributed by atoms with Crippen molar-refractivity contribution in [3.63, 3.8) is 0 Å². The molecule has 0 fully saturated rings. The lowest BCUT2D eigenvalue weighted by molar-refractivity contribution is 0.433. The Morgan fingerprint density at radius 2 is 2.20 bits per heavy atom. The van der Waals surface area contributed by atoms with Crippen LogP contribution in [0.2, 0.25) is 0 Å². The van der Waals surface area contributed by atoms with Gasteiger partial charge in [0, 0.05) is 0 Å². The molecule has 1 atom stereocenters. The third-order valence-corrected chi connectivity index (χ3v) is 2.46. The summed E-state index contributed by atoms with van der Waals surface area (Å²) >= 11 is 0. The molecule has 0 aromatic carbocycles. The SMILES string of the molecule is CCCNC(CCC(C)C)c1cn[nH]n1. The van der Waals surface area contributed by atoms with Gasteiger partial charge in [0.15, 0.2) is 0 Å². The van der Waals surface area contributed by atoms with Crippen LogP contribution < -0.4 is 5.32 Å². The standard InChI is InChI=1S/C11H22N4/c1-4-7-12-10(6-5-9(2)3)11-8-13-15-14-11/h8-10,12H,4-7H2,1-3H3,(H,13,14,15). The molecule has 2 N–H and O–H groups in total. The van der Waals surface area contributed by atoms with Crippen molar-refractivity contribution in [1.29, 1.82) is 0 Å². The molecule has 0 saturated heterocycles. The minimum atomic E-state index is 0.353. The van der Waals surface area contributed by atoms with Crippen LogP contribution in [0.5, 0.6) is 0 Å². The van der Waals surface area contributed by atoms with Crippen LogP contribution in [0, 0.1) is 5.92 Å². The van der Waals surface area contributed by atoms with Crippen molar-refractivity contribution in [2.45, 2.75) is 46.1 Å². The third-order valence-electron chi connectivity index (χ3n) is 2.46. The van der Waals surface area contributed by atoms with Crippen molar-refractivity contribution in [2.75, 3.05) is 6.54 Å². The number of rotatable bonds is 7. The van der Waals surface area contributed by atoms with Gasteiger partial charge in [-0.15, -0.1) is 0 Å². The van der Waals surface area contributed by atoms with Gasteiger partial charge in [0.2, 0.25) is 0 Å². The highest BCUT2D eigenvalue weighted by Gasteiger charge is 2.13. The number of hydrogen-bond acceptors (Lipinski definition) is 3. The zero-order valence-corrected chi connectivity index (χ0v) is 9.95. The molecule has 0 aliphatic carbocycles. The number of nitrogens with zero attached hydrogens (tertiary/aromatic N) is 2. The van der Waals surface area contributed by atoms with Crippen LogP contribution in [-0.4, -0.2) is 22.0 Å². The summed E-state index contributed by atoms with van der Waals surface area (Å²) in [5, 5.41) is 14.2. The first-order valence-corrected chi connectivity index (χ1v) is 5.83. The van der Waals surface area contributed by atoms with Crippen LogP contribution in [0.3, 0.4) is 0 Å². The molecule has 0 bridgehead atoms. The summed E-state index contributed by atoms with van der Waals surface area (Å²) in [5.41, 5.74) is 1.03. The summed E-state index contributed by atoms with van der Waals surface area (Å²) in [7, 11) is 0. The highest BCUT2D eigenvalue weighted by atomic mass is 15.3. The van der Waals surface area contributed by atoms with Crippen LogP contribution in [0.4, 0.5) is 0 Å². The zero-order chi connectivity index (χ0) is 11.1. The monoisotopic (exact) mass is 210 g/mol. The molecule has 1 rings (SSSR count). The Morgan fingerprint density at radius 3 is 2.73 bits per heavy atom. The average Bonchev–Trinajstić information content (AvgIpc) is 2.71. The lowest BCUT2D eigenvalue weighted by atomic mass is 10.0. The first kappa shape index (κ1) is 12.2. The van der Waals surface area contributed by atoms with Crippen molar-refractivity contribution in [3.8, 4) is 0 Å². The van der Waals surface area contributed by atoms with Crippen LogP contribution in [0.15, 0.2) is 6.20 Å². The van der Waals surface area contributed by atoms with Crippen molar-refractivity contribution < 1.29 is 0 Å². The summed E-state index contributed by atoms with van der Waals surface area (Å²) in [6, 6.07) is 0.353. The van der Waals surface area contributed by atoms with E-state index in [9.17, 15) is 0 Å². The Morgan fingerprint density at radius 1 is 1.40 bits per heavy atom. The fourth-order valence-electron chi connectivity index (χ4n) is 1.55. The third kappa shape index (κ3) is 4.42. The molecule has 0 aliphatic heterocycles. The Labute approximate surface area is 91.9 Å². The number of hydrogen-bond donors (Lipinski definition) is 2. The molecule has 0 spiro atoms. The molecule has 0 aliphatic rings. The van der Waals surface area contributed by atoms with Crippen molar-refractivity contribution in [1.82, 2.24) is 20.7 Å². The molecule has 86 valence electrons. The highest BCUT2D eigenvalue weighted by molar-refractivity contribution is 4.99. The maximum absolute atomic E-state index is 4.15. The summed E-state index contributed by atoms with van der Waals surface area (Å²) in [5.74, 6) is 0.739. The number of H-pyrrole nitrogens is 1. The van der Waals surface area contributed by atoms with Crippen molar-refractivity contribution in [2.24, 2.45) is 5.92 Å². The van der Waals surface area contributed by atoms with Gasteiger partial charge in [-0.2, -0.15) is 15.4 Å². The topological polar surface area (TPSA) is 53.6 Å². The molecule has 0 saturated carbocycles. The Balaban J connectivity index is 2.46. The van der Waals surface area contributed by atoms with E-state index < -0.39 is 0 Å². The summed E-state index contributed by atoms with van der Waals surface area (Å²) in [6.07, 6.45) is 5.31. The number of aromatic amines is 1. The molecule has 1 heterocycles. The maximum atomic E-state index is 4.15. The molecular formula is C11H22N4. The van der Waals surface area contributed by atoms with Crippen LogP contribution in [0.1, 0.15) is 51.8 Å². The second-order valence-electron chi connectivity index (χ2n) is 4.37. The molecule has 1 unspecified atom stereocenters. The fourth-order valence-corrected chi connectivity index (χ4v) is 1.55. The summed E-state index contributed by atoms with van der Waals surface area (Å²) in [6.45, 7) is 7.71. The highest BCUT2D eigenvalue weighted by Crippen LogP contribution is 2.18. The fraction of sp³-hybridized carbons (Fsp3) is 0.818. The molecule has 1 aromatic rings. The van der Waals surface area contributed by atoms with Crippen LogP contribution >= 0.6 is 0 Å². The van der Waals surface area contributed by atoms with Crippen LogP contribution in [0.25, 0.3) is 0 Å². The van der Waals surface area contributed by atoms with Gasteiger partial charge in [-0.1, -0.05) is 20.8 Å². The zero-order valence-electron chi connectivity index (χ0n) is 9.95. The van der Waals surface area contributed by atoms with Gasteiger partial charge in [-0.25, -0.2) is 0 Å². The molecule has 0 radical (unpaired) electrons. The largest absolute Gasteiger partial charge is 0.309 e. The van der Waals surface area contributed by atoms with Gasteiger partial charge in [0.05, 0.1) is 17.9 Å². The van der Waals surface area contributed by atoms with Gasteiger partial charge in [0.1, 0.15) is 0 Å². The number of aromatic nitrogens is 3. The normalized spacial score (nSPS) is 13.3. The first-order chi connectivity index (χ1) is 7.24. The smallest absolute Gasteiger partial charge is 0.0993 e. The van der Waals surface area contributed by atoms with Gasteiger partial charge < -0.3 is 5.32 Å². The minimum Gasteiger partial charge on any atom is -0.309 e. The molecule has 0 amide bonds. The first-order valence-electron chi connectivity index (χ1n) is 5.83. The molecule has 4 nitrogen and oxygen atoms in total. The van der Waals surface area contributed by atoms with Crippen molar-refractivity contribution in [3.05, 3.63) is 11.9 Å². The Hall–Kier alpha value is -0.900. The van der Waals surface area contributed by atoms with Crippen molar-refractivity contribution >= 4 is 0 Å². The van der Waals surface area contributed by atoms with E-state index in [1.54, 1.807) is 0 Å². The minimum absolute atomic E-state index is 0.353. The average molecular weight is 210 g/mol. The van der Waals surface area contributed by atoms with Gasteiger partial charge >= 0.3 is 0 Å². The Kier molecular flexibility index (Phi) is 5.32. The summed E-state index contributed by atoms with van der Waals surface area (Å²) in [4.78, 5) is 0. The molecule has 1 aromatic heterocycles. The molecule has 15 heavy (non-hydrogen) atoms. The van der Waals surface area contributed by atoms with Gasteiger partial charge in [0.25, 0.3) is 0 Å². The predicted octanol–water partition coefficient (Wildman–Crippen LogP) is 2.28. The second kappa shape index (κ2) is 6.56. The van der Waals surface area contributed by atoms with E-state index in [1.807, 2.05) is 6.20 Å². The van der Waals surface area contributed by atoms with E-state index in [0.717, 1.165) is 31.0 Å². The van der Waals surface area contributed by atoms with E-state index >= 15 is 0 Å². The number of nitrogens with one attached hydrogen (secondary N) is 2. The molecule has 4 heteroatoms. The van der Waals surface area contributed by atoms with E-state index in [2.05, 4.69) is 41.5 Å². The van der Waals surface area contributed by atoms with Gasteiger partial charge in [-0.3, -0.25) is 0 Å². The predicted molar refractivity (Wildman–Crippen MR) is 61.5 cm³/mol.